The standard InChI is InChI=1S/C22H26ClN3O/c1-5-26-20-11-10-16(12-18(20)15(2)13-22(26,3)4)14-24-25-21(27)17-8-6-7-9-19(17)23/h6-12,14-15H,5,13H2,1-4H3,(H,25,27)/b24-14-. The SMILES string of the molecule is CCN1c2ccc(/C=N\NC(=O)c3ccccc3Cl)cc2C(C)CC1(C)C. The smallest absolute Gasteiger partial charge is 0.272 e. The van der Waals surface area contributed by atoms with Crippen molar-refractivity contribution in [3.63, 3.8) is 0 Å². The first-order valence-corrected chi connectivity index (χ1v) is 9.71. The Balaban J connectivity index is 1.78. The number of halogens is 1. The Kier molecular flexibility index (Phi) is 5.56. The van der Waals surface area contributed by atoms with Gasteiger partial charge in [-0.1, -0.05) is 36.7 Å². The van der Waals surface area contributed by atoms with Gasteiger partial charge in [-0.15, -0.1) is 0 Å². The summed E-state index contributed by atoms with van der Waals surface area (Å²) in [5.74, 6) is 0.158. The first kappa shape index (κ1) is 19.4. The molecule has 142 valence electrons. The molecule has 0 bridgehead atoms. The summed E-state index contributed by atoms with van der Waals surface area (Å²) in [6.07, 6.45) is 2.79. The molecule has 1 heterocycles. The van der Waals surface area contributed by atoms with Crippen LogP contribution in [0.5, 0.6) is 0 Å². The number of nitrogens with zero attached hydrogens (tertiary/aromatic N) is 2. The van der Waals surface area contributed by atoms with Crippen molar-refractivity contribution in [2.75, 3.05) is 11.4 Å². The fourth-order valence-electron chi connectivity index (χ4n) is 4.06. The van der Waals surface area contributed by atoms with Gasteiger partial charge in [0.05, 0.1) is 16.8 Å². The first-order valence-electron chi connectivity index (χ1n) is 9.33. The van der Waals surface area contributed by atoms with E-state index in [1.807, 2.05) is 6.07 Å². The average Bonchev–Trinajstić information content (AvgIpc) is 2.62. The number of amides is 1. The molecule has 27 heavy (non-hydrogen) atoms. The zero-order chi connectivity index (χ0) is 19.6. The van der Waals surface area contributed by atoms with E-state index in [0.29, 0.717) is 16.5 Å². The van der Waals surface area contributed by atoms with E-state index in [0.717, 1.165) is 18.5 Å². The molecule has 1 aliphatic heterocycles. The number of hydrogen-bond acceptors (Lipinski definition) is 3. The molecular formula is C22H26ClN3O. The van der Waals surface area contributed by atoms with Gasteiger partial charge in [-0.05, 0) is 68.5 Å². The maximum Gasteiger partial charge on any atom is 0.272 e. The van der Waals surface area contributed by atoms with Crippen molar-refractivity contribution in [1.82, 2.24) is 5.43 Å². The molecule has 0 fully saturated rings. The lowest BCUT2D eigenvalue weighted by Gasteiger charge is -2.47. The molecule has 4 nitrogen and oxygen atoms in total. The van der Waals surface area contributed by atoms with Gasteiger partial charge in [0, 0.05) is 17.8 Å². The summed E-state index contributed by atoms with van der Waals surface area (Å²) >= 11 is 6.04. The number of nitrogens with one attached hydrogen (secondary N) is 1. The molecule has 5 heteroatoms. The Morgan fingerprint density at radius 3 is 2.78 bits per heavy atom. The van der Waals surface area contributed by atoms with Crippen molar-refractivity contribution in [1.29, 1.82) is 0 Å². The largest absolute Gasteiger partial charge is 0.366 e. The molecule has 0 saturated carbocycles. The van der Waals surface area contributed by atoms with E-state index in [2.05, 4.69) is 55.3 Å². The third kappa shape index (κ3) is 4.01. The third-order valence-corrected chi connectivity index (χ3v) is 5.55. The quantitative estimate of drug-likeness (QED) is 0.581. The van der Waals surface area contributed by atoms with Crippen molar-refractivity contribution in [2.24, 2.45) is 5.10 Å². The Morgan fingerprint density at radius 2 is 2.07 bits per heavy atom. The Bertz CT molecular complexity index is 876. The monoisotopic (exact) mass is 383 g/mol. The van der Waals surface area contributed by atoms with Crippen LogP contribution >= 0.6 is 11.6 Å². The van der Waals surface area contributed by atoms with Crippen LogP contribution in [0.1, 0.15) is 61.5 Å². The zero-order valence-corrected chi connectivity index (χ0v) is 17.0. The molecule has 1 aliphatic rings. The van der Waals surface area contributed by atoms with Crippen molar-refractivity contribution in [2.45, 2.75) is 45.6 Å². The molecule has 0 aromatic heterocycles. The summed E-state index contributed by atoms with van der Waals surface area (Å²) in [6.45, 7) is 10.0. The Labute approximate surface area is 166 Å². The minimum absolute atomic E-state index is 0.152. The fraction of sp³-hybridized carbons (Fsp3) is 0.364. The normalized spacial score (nSPS) is 18.4. The molecule has 2 aromatic rings. The minimum atomic E-state index is -0.318. The van der Waals surface area contributed by atoms with Crippen LogP contribution in [0.4, 0.5) is 5.69 Å². The molecule has 3 rings (SSSR count). The molecular weight excluding hydrogens is 358 g/mol. The molecule has 0 saturated heterocycles. The number of hydrogen-bond donors (Lipinski definition) is 1. The maximum atomic E-state index is 12.2. The van der Waals surface area contributed by atoms with E-state index in [9.17, 15) is 4.79 Å². The van der Waals surface area contributed by atoms with Crippen LogP contribution in [0.2, 0.25) is 5.02 Å². The van der Waals surface area contributed by atoms with Crippen molar-refractivity contribution in [3.05, 3.63) is 64.2 Å². The van der Waals surface area contributed by atoms with E-state index >= 15 is 0 Å². The second kappa shape index (κ2) is 7.73. The maximum absolute atomic E-state index is 12.2. The van der Waals surface area contributed by atoms with Gasteiger partial charge in [-0.2, -0.15) is 5.10 Å². The third-order valence-electron chi connectivity index (χ3n) is 5.22. The minimum Gasteiger partial charge on any atom is -0.366 e. The lowest BCUT2D eigenvalue weighted by molar-refractivity contribution is 0.0955. The fourth-order valence-corrected chi connectivity index (χ4v) is 4.28. The molecule has 1 N–H and O–H groups in total. The lowest BCUT2D eigenvalue weighted by atomic mass is 9.79. The summed E-state index contributed by atoms with van der Waals surface area (Å²) < 4.78 is 0. The van der Waals surface area contributed by atoms with Gasteiger partial charge < -0.3 is 4.90 Å². The van der Waals surface area contributed by atoms with E-state index in [-0.39, 0.29) is 11.4 Å². The van der Waals surface area contributed by atoms with Gasteiger partial charge in [-0.3, -0.25) is 4.79 Å². The van der Waals surface area contributed by atoms with Crippen LogP contribution in [-0.4, -0.2) is 24.2 Å². The van der Waals surface area contributed by atoms with Crippen LogP contribution in [0.3, 0.4) is 0 Å². The summed E-state index contributed by atoms with van der Waals surface area (Å²) in [5, 5.41) is 4.52. The second-order valence-corrected chi connectivity index (χ2v) is 8.07. The predicted octanol–water partition coefficient (Wildman–Crippen LogP) is 5.22. The number of carbonyl (C=O) groups excluding carboxylic acids is 1. The zero-order valence-electron chi connectivity index (χ0n) is 16.3. The summed E-state index contributed by atoms with van der Waals surface area (Å²) in [6, 6.07) is 13.3. The molecule has 2 aromatic carbocycles. The van der Waals surface area contributed by atoms with E-state index in [1.165, 1.54) is 11.3 Å². The number of hydrazone groups is 1. The van der Waals surface area contributed by atoms with Gasteiger partial charge >= 0.3 is 0 Å². The van der Waals surface area contributed by atoms with Gasteiger partial charge in [0.2, 0.25) is 0 Å². The Morgan fingerprint density at radius 1 is 1.33 bits per heavy atom. The van der Waals surface area contributed by atoms with Crippen LogP contribution < -0.4 is 10.3 Å². The molecule has 1 atom stereocenters. The van der Waals surface area contributed by atoms with Crippen molar-refractivity contribution in [3.8, 4) is 0 Å². The highest BCUT2D eigenvalue weighted by atomic mass is 35.5. The van der Waals surface area contributed by atoms with Gasteiger partial charge in [0.1, 0.15) is 0 Å². The number of rotatable bonds is 4. The van der Waals surface area contributed by atoms with Gasteiger partial charge in [0.25, 0.3) is 5.91 Å². The highest BCUT2D eigenvalue weighted by Gasteiger charge is 2.35. The van der Waals surface area contributed by atoms with Crippen molar-refractivity contribution >= 4 is 29.4 Å². The van der Waals surface area contributed by atoms with Gasteiger partial charge in [-0.25, -0.2) is 5.43 Å². The predicted molar refractivity (Wildman–Crippen MR) is 113 cm³/mol. The lowest BCUT2D eigenvalue weighted by Crippen LogP contribution is -2.48. The van der Waals surface area contributed by atoms with E-state index < -0.39 is 0 Å². The van der Waals surface area contributed by atoms with Crippen LogP contribution in [0.25, 0.3) is 0 Å². The van der Waals surface area contributed by atoms with Crippen LogP contribution in [0.15, 0.2) is 47.6 Å². The topological polar surface area (TPSA) is 44.7 Å². The van der Waals surface area contributed by atoms with Crippen molar-refractivity contribution < 1.29 is 4.79 Å². The molecule has 1 unspecified atom stereocenters. The van der Waals surface area contributed by atoms with Gasteiger partial charge in [0.15, 0.2) is 0 Å². The number of anilines is 1. The summed E-state index contributed by atoms with van der Waals surface area (Å²) in [5.41, 5.74) is 6.70. The molecule has 0 radical (unpaired) electrons. The molecule has 0 aliphatic carbocycles. The molecule has 1 amide bonds. The summed E-state index contributed by atoms with van der Waals surface area (Å²) in [4.78, 5) is 14.6. The Hall–Kier alpha value is -2.33. The first-order chi connectivity index (χ1) is 12.8. The number of carbonyl (C=O) groups is 1. The number of fused-ring (bicyclic) bond motifs is 1. The highest BCUT2D eigenvalue weighted by Crippen LogP contribution is 2.43. The molecule has 0 spiro atoms. The summed E-state index contributed by atoms with van der Waals surface area (Å²) in [7, 11) is 0. The van der Waals surface area contributed by atoms with E-state index in [4.69, 9.17) is 11.6 Å². The van der Waals surface area contributed by atoms with Crippen LogP contribution in [-0.2, 0) is 0 Å². The number of benzene rings is 2. The highest BCUT2D eigenvalue weighted by molar-refractivity contribution is 6.33. The average molecular weight is 384 g/mol. The van der Waals surface area contributed by atoms with Crippen LogP contribution in [0, 0.1) is 0 Å². The second-order valence-electron chi connectivity index (χ2n) is 7.66. The van der Waals surface area contributed by atoms with E-state index in [1.54, 1.807) is 30.5 Å².